The van der Waals surface area contributed by atoms with Gasteiger partial charge in [0.05, 0.1) is 17.3 Å². The first-order chi connectivity index (χ1) is 10.5. The van der Waals surface area contributed by atoms with Gasteiger partial charge < -0.3 is 9.30 Å². The zero-order valence-electron chi connectivity index (χ0n) is 12.7. The molecule has 0 saturated heterocycles. The average molecular weight is 321 g/mol. The molecule has 2 aromatic rings. The highest BCUT2D eigenvalue weighted by Gasteiger charge is 2.21. The molecule has 0 amide bonds. The minimum Gasteiger partial charge on any atom is -0.461 e. The van der Waals surface area contributed by atoms with Crippen LogP contribution in [0.3, 0.4) is 0 Å². The highest BCUT2D eigenvalue weighted by Crippen LogP contribution is 2.18. The van der Waals surface area contributed by atoms with Crippen LogP contribution in [-0.4, -0.2) is 31.3 Å². The lowest BCUT2D eigenvalue weighted by molar-refractivity contribution is 0.0514. The molecule has 1 aromatic carbocycles. The molecule has 0 aliphatic heterocycles. The molecule has 0 unspecified atom stereocenters. The molecule has 0 aliphatic carbocycles. The van der Waals surface area contributed by atoms with Crippen molar-refractivity contribution in [2.45, 2.75) is 25.3 Å². The minimum atomic E-state index is -3.37. The number of esters is 1. The van der Waals surface area contributed by atoms with E-state index in [1.54, 1.807) is 18.4 Å². The van der Waals surface area contributed by atoms with Gasteiger partial charge in [-0.3, -0.25) is 0 Å². The molecule has 0 spiro atoms. The molecule has 0 fully saturated rings. The fourth-order valence-corrected chi connectivity index (χ4v) is 3.02. The van der Waals surface area contributed by atoms with Gasteiger partial charge in [0.2, 0.25) is 0 Å². The molecule has 6 heteroatoms. The summed E-state index contributed by atoms with van der Waals surface area (Å²) in [7, 11) is -3.37. The molecule has 0 saturated carbocycles. The maximum Gasteiger partial charge on any atom is 0.354 e. The number of nitrogens with zero attached hydrogens (tertiary/aromatic N) is 1. The zero-order valence-corrected chi connectivity index (χ0v) is 13.5. The summed E-state index contributed by atoms with van der Waals surface area (Å²) in [5.74, 6) is -0.527. The fourth-order valence-electron chi connectivity index (χ4n) is 2.11. The van der Waals surface area contributed by atoms with E-state index in [1.165, 1.54) is 12.3 Å². The Labute approximate surface area is 130 Å². The van der Waals surface area contributed by atoms with Crippen molar-refractivity contribution < 1.29 is 17.9 Å². The van der Waals surface area contributed by atoms with E-state index in [4.69, 9.17) is 4.74 Å². The van der Waals surface area contributed by atoms with Crippen molar-refractivity contribution in [3.63, 3.8) is 0 Å². The minimum absolute atomic E-state index is 0.00931. The number of carbonyl (C=O) groups is 1. The number of carbonyl (C=O) groups excluding carboxylic acids is 1. The first kappa shape index (κ1) is 16.3. The third-order valence-electron chi connectivity index (χ3n) is 3.29. The van der Waals surface area contributed by atoms with E-state index in [2.05, 4.69) is 0 Å². The van der Waals surface area contributed by atoms with Crippen molar-refractivity contribution in [1.29, 1.82) is 0 Å². The first-order valence-electron chi connectivity index (χ1n) is 7.12. The molecule has 22 heavy (non-hydrogen) atoms. The van der Waals surface area contributed by atoms with Crippen LogP contribution in [-0.2, 0) is 21.1 Å². The third kappa shape index (κ3) is 3.57. The van der Waals surface area contributed by atoms with Gasteiger partial charge in [0.25, 0.3) is 0 Å². The lowest BCUT2D eigenvalue weighted by atomic mass is 10.2. The second-order valence-corrected chi connectivity index (χ2v) is 7.08. The number of hydrogen-bond donors (Lipinski definition) is 0. The molecular formula is C16H19NO4S. The van der Waals surface area contributed by atoms with Crippen LogP contribution in [0.5, 0.6) is 0 Å². The van der Waals surface area contributed by atoms with E-state index in [0.29, 0.717) is 6.54 Å². The Kier molecular flexibility index (Phi) is 5.03. The monoisotopic (exact) mass is 321 g/mol. The molecule has 0 radical (unpaired) electrons. The summed E-state index contributed by atoms with van der Waals surface area (Å²) in [5.41, 5.74) is 1.22. The summed E-state index contributed by atoms with van der Waals surface area (Å²) in [6.45, 7) is 3.94. The Bertz CT molecular complexity index is 748. The van der Waals surface area contributed by atoms with Crippen molar-refractivity contribution in [3.8, 4) is 0 Å². The molecule has 1 aromatic heterocycles. The Morgan fingerprint density at radius 1 is 1.18 bits per heavy atom. The average Bonchev–Trinajstić information content (AvgIpc) is 2.93. The van der Waals surface area contributed by atoms with E-state index < -0.39 is 15.8 Å². The number of aromatic nitrogens is 1. The third-order valence-corrected chi connectivity index (χ3v) is 4.99. The zero-order chi connectivity index (χ0) is 16.2. The molecular weight excluding hydrogens is 302 g/mol. The summed E-state index contributed by atoms with van der Waals surface area (Å²) >= 11 is 0. The smallest absolute Gasteiger partial charge is 0.354 e. The van der Waals surface area contributed by atoms with Crippen molar-refractivity contribution in [2.24, 2.45) is 0 Å². The predicted octanol–water partition coefficient (Wildman–Crippen LogP) is 2.51. The highest BCUT2D eigenvalue weighted by atomic mass is 32.2. The van der Waals surface area contributed by atoms with Gasteiger partial charge >= 0.3 is 5.97 Å². The van der Waals surface area contributed by atoms with Gasteiger partial charge in [-0.2, -0.15) is 0 Å². The van der Waals surface area contributed by atoms with Gasteiger partial charge in [-0.05, 0) is 18.6 Å². The molecule has 0 aliphatic rings. The van der Waals surface area contributed by atoms with E-state index in [9.17, 15) is 13.2 Å². The van der Waals surface area contributed by atoms with Crippen LogP contribution in [0, 0.1) is 0 Å². The normalized spacial score (nSPS) is 11.4. The Morgan fingerprint density at radius 2 is 1.86 bits per heavy atom. The lowest BCUT2D eigenvalue weighted by Crippen LogP contribution is -2.12. The maximum atomic E-state index is 12.0. The van der Waals surface area contributed by atoms with Gasteiger partial charge in [0, 0.05) is 12.7 Å². The molecule has 5 nitrogen and oxygen atoms in total. The topological polar surface area (TPSA) is 65.4 Å². The van der Waals surface area contributed by atoms with Crippen molar-refractivity contribution in [1.82, 2.24) is 4.57 Å². The Morgan fingerprint density at radius 3 is 2.45 bits per heavy atom. The standard InChI is InChI=1S/C16H19NO4S/c1-3-21-16(18)15-10-14(22(19,20)4-2)12-17(15)11-13-8-6-5-7-9-13/h5-10,12H,3-4,11H2,1-2H3. The van der Waals surface area contributed by atoms with Crippen LogP contribution in [0.4, 0.5) is 0 Å². The van der Waals surface area contributed by atoms with Crippen LogP contribution in [0.25, 0.3) is 0 Å². The number of ether oxygens (including phenoxy) is 1. The van der Waals surface area contributed by atoms with Crippen LogP contribution in [0.1, 0.15) is 29.9 Å². The van der Waals surface area contributed by atoms with Crippen LogP contribution in [0.2, 0.25) is 0 Å². The molecule has 2 rings (SSSR count). The lowest BCUT2D eigenvalue weighted by Gasteiger charge is -2.08. The quantitative estimate of drug-likeness (QED) is 0.767. The highest BCUT2D eigenvalue weighted by molar-refractivity contribution is 7.91. The number of sulfone groups is 1. The van der Waals surface area contributed by atoms with Crippen molar-refractivity contribution >= 4 is 15.8 Å². The summed E-state index contributed by atoms with van der Waals surface area (Å²) in [6, 6.07) is 10.9. The van der Waals surface area contributed by atoms with Crippen LogP contribution in [0.15, 0.2) is 47.5 Å². The number of rotatable bonds is 6. The molecule has 0 N–H and O–H groups in total. The van der Waals surface area contributed by atoms with Crippen LogP contribution >= 0.6 is 0 Å². The largest absolute Gasteiger partial charge is 0.461 e. The number of benzene rings is 1. The number of hydrogen-bond acceptors (Lipinski definition) is 4. The van der Waals surface area contributed by atoms with Gasteiger partial charge in [0.15, 0.2) is 9.84 Å². The molecule has 118 valence electrons. The van der Waals surface area contributed by atoms with E-state index in [0.717, 1.165) is 5.56 Å². The molecule has 0 atom stereocenters. The summed E-state index contributed by atoms with van der Waals surface area (Å²) in [6.07, 6.45) is 1.50. The van der Waals surface area contributed by atoms with Gasteiger partial charge in [0.1, 0.15) is 5.69 Å². The summed E-state index contributed by atoms with van der Waals surface area (Å²) in [5, 5.41) is 0. The maximum absolute atomic E-state index is 12.0. The second kappa shape index (κ2) is 6.79. The molecule has 1 heterocycles. The van der Waals surface area contributed by atoms with Crippen molar-refractivity contribution in [3.05, 3.63) is 53.9 Å². The Balaban J connectivity index is 2.44. The summed E-state index contributed by atoms with van der Waals surface area (Å²) < 4.78 is 30.7. The van der Waals surface area contributed by atoms with Gasteiger partial charge in [-0.1, -0.05) is 37.3 Å². The van der Waals surface area contributed by atoms with E-state index in [-0.39, 0.29) is 22.9 Å². The second-order valence-electron chi connectivity index (χ2n) is 4.80. The first-order valence-corrected chi connectivity index (χ1v) is 8.77. The van der Waals surface area contributed by atoms with Gasteiger partial charge in [-0.15, -0.1) is 0 Å². The van der Waals surface area contributed by atoms with E-state index in [1.807, 2.05) is 30.3 Å². The molecule has 0 bridgehead atoms. The predicted molar refractivity (Wildman–Crippen MR) is 83.7 cm³/mol. The van der Waals surface area contributed by atoms with E-state index >= 15 is 0 Å². The summed E-state index contributed by atoms with van der Waals surface area (Å²) in [4.78, 5) is 12.2. The SMILES string of the molecule is CCOC(=O)c1cc(S(=O)(=O)CC)cn1Cc1ccccc1. The van der Waals surface area contributed by atoms with Gasteiger partial charge in [-0.25, -0.2) is 13.2 Å². The van der Waals surface area contributed by atoms with Crippen molar-refractivity contribution in [2.75, 3.05) is 12.4 Å². The Hall–Kier alpha value is -2.08. The fraction of sp³-hybridized carbons (Fsp3) is 0.312. The van der Waals surface area contributed by atoms with Crippen LogP contribution < -0.4 is 0 Å².